The molecule has 2 aromatic rings. The fourth-order valence-electron chi connectivity index (χ4n) is 1.88. The number of para-hydroxylation sites is 1. The van der Waals surface area contributed by atoms with Gasteiger partial charge in [0.2, 0.25) is 0 Å². The largest absolute Gasteiger partial charge is 0.396 e. The fourth-order valence-corrected chi connectivity index (χ4v) is 1.88. The second kappa shape index (κ2) is 6.21. The van der Waals surface area contributed by atoms with Gasteiger partial charge in [-0.05, 0) is 25.5 Å². The van der Waals surface area contributed by atoms with Gasteiger partial charge in [0.15, 0.2) is 5.76 Å². The van der Waals surface area contributed by atoms with E-state index in [1.165, 1.54) is 0 Å². The zero-order valence-electron chi connectivity index (χ0n) is 10.5. The number of aromatic nitrogens is 1. The summed E-state index contributed by atoms with van der Waals surface area (Å²) in [4.78, 5) is 2.18. The molecule has 0 radical (unpaired) electrons. The maximum Gasteiger partial charge on any atom is 0.156 e. The number of hydrogen-bond donors (Lipinski definition) is 1. The van der Waals surface area contributed by atoms with Crippen LogP contribution in [0.1, 0.15) is 17.9 Å². The minimum atomic E-state index is 0.193. The lowest BCUT2D eigenvalue weighted by atomic mass is 10.2. The van der Waals surface area contributed by atoms with Crippen molar-refractivity contribution in [3.63, 3.8) is 0 Å². The fraction of sp³-hybridized carbons (Fsp3) is 0.357. The molecule has 0 atom stereocenters. The Morgan fingerprint density at radius 2 is 2.06 bits per heavy atom. The van der Waals surface area contributed by atoms with Crippen molar-refractivity contribution < 1.29 is 9.63 Å². The molecule has 1 aromatic heterocycles. The van der Waals surface area contributed by atoms with Gasteiger partial charge < -0.3 is 14.5 Å². The second-order valence-corrected chi connectivity index (χ2v) is 4.27. The van der Waals surface area contributed by atoms with Gasteiger partial charge in [0.25, 0.3) is 0 Å². The standard InChI is InChI=1S/C14H18N2O2/c1-12-10-14(18-15-12)11-16(8-5-9-17)13-6-3-2-4-7-13/h2-4,6-7,10,17H,5,8-9,11H2,1H3. The van der Waals surface area contributed by atoms with Crippen molar-refractivity contribution in [2.45, 2.75) is 19.9 Å². The molecule has 0 saturated carbocycles. The lowest BCUT2D eigenvalue weighted by molar-refractivity contribution is 0.288. The zero-order valence-corrected chi connectivity index (χ0v) is 10.5. The molecule has 18 heavy (non-hydrogen) atoms. The molecular weight excluding hydrogens is 228 g/mol. The van der Waals surface area contributed by atoms with E-state index in [2.05, 4.69) is 22.2 Å². The van der Waals surface area contributed by atoms with Crippen molar-refractivity contribution in [1.82, 2.24) is 5.16 Å². The molecule has 0 fully saturated rings. The summed E-state index contributed by atoms with van der Waals surface area (Å²) in [5, 5.41) is 12.9. The van der Waals surface area contributed by atoms with Crippen LogP contribution in [-0.2, 0) is 6.54 Å². The first-order chi connectivity index (χ1) is 8.79. The number of hydrogen-bond acceptors (Lipinski definition) is 4. The van der Waals surface area contributed by atoms with Crippen molar-refractivity contribution in [1.29, 1.82) is 0 Å². The highest BCUT2D eigenvalue weighted by atomic mass is 16.5. The minimum Gasteiger partial charge on any atom is -0.396 e. The van der Waals surface area contributed by atoms with E-state index in [1.54, 1.807) is 0 Å². The Hall–Kier alpha value is -1.81. The summed E-state index contributed by atoms with van der Waals surface area (Å²) in [6, 6.07) is 12.1. The summed E-state index contributed by atoms with van der Waals surface area (Å²) in [5.41, 5.74) is 2.01. The van der Waals surface area contributed by atoms with Gasteiger partial charge in [-0.2, -0.15) is 0 Å². The summed E-state index contributed by atoms with van der Waals surface area (Å²) in [6.45, 7) is 3.57. The van der Waals surface area contributed by atoms with Crippen molar-refractivity contribution in [2.75, 3.05) is 18.1 Å². The van der Waals surface area contributed by atoms with Crippen molar-refractivity contribution in [3.05, 3.63) is 47.9 Å². The molecule has 96 valence electrons. The van der Waals surface area contributed by atoms with Crippen LogP contribution in [0.15, 0.2) is 40.9 Å². The first-order valence-corrected chi connectivity index (χ1v) is 6.12. The Morgan fingerprint density at radius 1 is 1.28 bits per heavy atom. The van der Waals surface area contributed by atoms with Crippen LogP contribution in [-0.4, -0.2) is 23.4 Å². The summed E-state index contributed by atoms with van der Waals surface area (Å²) < 4.78 is 5.24. The van der Waals surface area contributed by atoms with E-state index < -0.39 is 0 Å². The van der Waals surface area contributed by atoms with Crippen molar-refractivity contribution in [3.8, 4) is 0 Å². The van der Waals surface area contributed by atoms with Crippen molar-refractivity contribution in [2.24, 2.45) is 0 Å². The lowest BCUT2D eigenvalue weighted by Crippen LogP contribution is -2.24. The Balaban J connectivity index is 2.10. The third-order valence-corrected chi connectivity index (χ3v) is 2.73. The third-order valence-electron chi connectivity index (χ3n) is 2.73. The molecule has 0 spiro atoms. The number of aliphatic hydroxyl groups is 1. The highest BCUT2D eigenvalue weighted by molar-refractivity contribution is 5.46. The van der Waals surface area contributed by atoms with E-state index in [1.807, 2.05) is 31.2 Å². The Morgan fingerprint density at radius 3 is 2.67 bits per heavy atom. The van der Waals surface area contributed by atoms with Crippen LogP contribution in [0.25, 0.3) is 0 Å². The van der Waals surface area contributed by atoms with Crippen molar-refractivity contribution >= 4 is 5.69 Å². The zero-order chi connectivity index (χ0) is 12.8. The number of benzene rings is 1. The summed E-state index contributed by atoms with van der Waals surface area (Å²) in [5.74, 6) is 0.842. The molecule has 1 heterocycles. The van der Waals surface area contributed by atoms with E-state index in [9.17, 15) is 0 Å². The number of aliphatic hydroxyl groups excluding tert-OH is 1. The van der Waals surface area contributed by atoms with Gasteiger partial charge in [-0.25, -0.2) is 0 Å². The number of rotatable bonds is 6. The predicted molar refractivity (Wildman–Crippen MR) is 70.4 cm³/mol. The quantitative estimate of drug-likeness (QED) is 0.850. The molecule has 2 rings (SSSR count). The topological polar surface area (TPSA) is 49.5 Å². The first-order valence-electron chi connectivity index (χ1n) is 6.12. The third kappa shape index (κ3) is 3.34. The lowest BCUT2D eigenvalue weighted by Gasteiger charge is -2.23. The van der Waals surface area contributed by atoms with Gasteiger partial charge in [-0.15, -0.1) is 0 Å². The van der Waals surface area contributed by atoms with Gasteiger partial charge in [0, 0.05) is 24.9 Å². The molecule has 0 aliphatic rings. The number of nitrogens with zero attached hydrogens (tertiary/aromatic N) is 2. The van der Waals surface area contributed by atoms with Crippen LogP contribution in [0.5, 0.6) is 0 Å². The highest BCUT2D eigenvalue weighted by Gasteiger charge is 2.09. The van der Waals surface area contributed by atoms with E-state index in [4.69, 9.17) is 9.63 Å². The maximum absolute atomic E-state index is 8.97. The van der Waals surface area contributed by atoms with Gasteiger partial charge in [0.1, 0.15) is 0 Å². The van der Waals surface area contributed by atoms with E-state index in [-0.39, 0.29) is 6.61 Å². The molecule has 0 unspecified atom stereocenters. The summed E-state index contributed by atoms with van der Waals surface area (Å²) in [7, 11) is 0. The molecule has 4 nitrogen and oxygen atoms in total. The molecule has 0 aliphatic carbocycles. The van der Waals surface area contributed by atoms with E-state index in [0.29, 0.717) is 6.54 Å². The van der Waals surface area contributed by atoms with E-state index >= 15 is 0 Å². The van der Waals surface area contributed by atoms with Crippen LogP contribution in [0, 0.1) is 6.92 Å². The molecule has 1 aromatic carbocycles. The second-order valence-electron chi connectivity index (χ2n) is 4.27. The van der Waals surface area contributed by atoms with Gasteiger partial charge in [0.05, 0.1) is 12.2 Å². The van der Waals surface area contributed by atoms with E-state index in [0.717, 1.165) is 30.1 Å². The smallest absolute Gasteiger partial charge is 0.156 e. The number of aryl methyl sites for hydroxylation is 1. The van der Waals surface area contributed by atoms with Gasteiger partial charge in [-0.1, -0.05) is 23.4 Å². The molecule has 1 N–H and O–H groups in total. The monoisotopic (exact) mass is 246 g/mol. The Bertz CT molecular complexity index is 468. The average molecular weight is 246 g/mol. The van der Waals surface area contributed by atoms with Crippen LogP contribution in [0.2, 0.25) is 0 Å². The van der Waals surface area contributed by atoms with Crippen LogP contribution in [0.4, 0.5) is 5.69 Å². The van der Waals surface area contributed by atoms with Gasteiger partial charge in [-0.3, -0.25) is 0 Å². The predicted octanol–water partition coefficient (Wildman–Crippen LogP) is 2.37. The highest BCUT2D eigenvalue weighted by Crippen LogP contribution is 2.17. The Kier molecular flexibility index (Phi) is 4.36. The molecule has 0 amide bonds. The molecule has 0 aliphatic heterocycles. The molecular formula is C14H18N2O2. The summed E-state index contributed by atoms with van der Waals surface area (Å²) in [6.07, 6.45) is 0.738. The minimum absolute atomic E-state index is 0.193. The summed E-state index contributed by atoms with van der Waals surface area (Å²) >= 11 is 0. The normalized spacial score (nSPS) is 10.6. The van der Waals surface area contributed by atoms with Crippen LogP contribution < -0.4 is 4.90 Å². The molecule has 0 bridgehead atoms. The van der Waals surface area contributed by atoms with Crippen LogP contribution in [0.3, 0.4) is 0 Å². The first kappa shape index (κ1) is 12.6. The molecule has 0 saturated heterocycles. The van der Waals surface area contributed by atoms with Crippen LogP contribution >= 0.6 is 0 Å². The Labute approximate surface area is 107 Å². The SMILES string of the molecule is Cc1cc(CN(CCCO)c2ccccc2)on1. The maximum atomic E-state index is 8.97. The van der Waals surface area contributed by atoms with Gasteiger partial charge >= 0.3 is 0 Å². The average Bonchev–Trinajstić information content (AvgIpc) is 2.81. The number of anilines is 1. The molecule has 4 heteroatoms.